The monoisotopic (exact) mass is 206 g/mol. The quantitative estimate of drug-likeness (QED) is 0.709. The topological polar surface area (TPSA) is 21.8 Å². The molecule has 0 N–H and O–H groups in total. The van der Waals surface area contributed by atoms with E-state index in [0.717, 1.165) is 12.4 Å². The Bertz CT molecular complexity index is 379. The number of benzene rings is 1. The van der Waals surface area contributed by atoms with Crippen LogP contribution in [0.25, 0.3) is 0 Å². The van der Waals surface area contributed by atoms with Crippen LogP contribution in [0.5, 0.6) is 5.75 Å². The largest absolute Gasteiger partial charge is 0.490 e. The molecule has 1 aromatic rings. The van der Waals surface area contributed by atoms with Crippen molar-refractivity contribution in [1.29, 1.82) is 0 Å². The molecule has 2 nitrogen and oxygen atoms in total. The summed E-state index contributed by atoms with van der Waals surface area (Å²) in [5.74, 6) is 1.01. The van der Waals surface area contributed by atoms with Gasteiger partial charge >= 0.3 is 0 Å². The highest BCUT2D eigenvalue weighted by atomic mass is 16.6. The van der Waals surface area contributed by atoms with Gasteiger partial charge < -0.3 is 9.47 Å². The average molecular weight is 206 g/mol. The average Bonchev–Trinajstić information content (AvgIpc) is 3.02. The minimum absolute atomic E-state index is 0.325. The number of rotatable bonds is 3. The van der Waals surface area contributed by atoms with Crippen molar-refractivity contribution in [3.63, 3.8) is 0 Å². The standard InChI is InChI=1S/C13H18O2/c1-8-5-13(15-7-12-6-14-12)11(4)10(3)9(8)2/h5,12H,6-7H2,1-4H3. The molecule has 0 radical (unpaired) electrons. The molecule has 0 aromatic heterocycles. The van der Waals surface area contributed by atoms with Gasteiger partial charge in [-0.3, -0.25) is 0 Å². The molecule has 0 spiro atoms. The molecular weight excluding hydrogens is 188 g/mol. The molecule has 1 aliphatic heterocycles. The normalized spacial score (nSPS) is 19.1. The molecule has 1 heterocycles. The summed E-state index contributed by atoms with van der Waals surface area (Å²) in [6, 6.07) is 2.13. The molecule has 0 aliphatic carbocycles. The first kappa shape index (κ1) is 10.5. The molecule has 0 amide bonds. The van der Waals surface area contributed by atoms with Gasteiger partial charge in [-0.2, -0.15) is 0 Å². The fourth-order valence-corrected chi connectivity index (χ4v) is 1.67. The number of hydrogen-bond acceptors (Lipinski definition) is 2. The van der Waals surface area contributed by atoms with E-state index < -0.39 is 0 Å². The highest BCUT2D eigenvalue weighted by Crippen LogP contribution is 2.27. The smallest absolute Gasteiger partial charge is 0.122 e. The van der Waals surface area contributed by atoms with Gasteiger partial charge in [0.2, 0.25) is 0 Å². The van der Waals surface area contributed by atoms with E-state index in [1.807, 2.05) is 0 Å². The van der Waals surface area contributed by atoms with E-state index in [1.54, 1.807) is 0 Å². The Labute approximate surface area is 91.2 Å². The zero-order chi connectivity index (χ0) is 11.0. The van der Waals surface area contributed by atoms with Crippen molar-refractivity contribution in [1.82, 2.24) is 0 Å². The van der Waals surface area contributed by atoms with E-state index in [-0.39, 0.29) is 0 Å². The Balaban J connectivity index is 2.21. The van der Waals surface area contributed by atoms with Gasteiger partial charge in [0, 0.05) is 0 Å². The van der Waals surface area contributed by atoms with Crippen LogP contribution in [-0.4, -0.2) is 19.3 Å². The maximum atomic E-state index is 5.75. The summed E-state index contributed by atoms with van der Waals surface area (Å²) in [5.41, 5.74) is 5.24. The molecule has 0 saturated carbocycles. The maximum absolute atomic E-state index is 5.75. The molecule has 82 valence electrons. The van der Waals surface area contributed by atoms with E-state index in [2.05, 4.69) is 33.8 Å². The van der Waals surface area contributed by atoms with Crippen LogP contribution >= 0.6 is 0 Å². The number of hydrogen-bond donors (Lipinski definition) is 0. The van der Waals surface area contributed by atoms with Gasteiger partial charge in [0.25, 0.3) is 0 Å². The fraction of sp³-hybridized carbons (Fsp3) is 0.538. The fourth-order valence-electron chi connectivity index (χ4n) is 1.67. The van der Waals surface area contributed by atoms with Crippen molar-refractivity contribution in [3.8, 4) is 5.75 Å². The first-order valence-electron chi connectivity index (χ1n) is 5.41. The Kier molecular flexibility index (Phi) is 2.70. The molecule has 2 heteroatoms. The molecule has 15 heavy (non-hydrogen) atoms. The summed E-state index contributed by atoms with van der Waals surface area (Å²) in [4.78, 5) is 0. The Morgan fingerprint density at radius 1 is 1.20 bits per heavy atom. The molecule has 1 atom stereocenters. The second-order valence-corrected chi connectivity index (χ2v) is 4.33. The van der Waals surface area contributed by atoms with Gasteiger partial charge in [-0.1, -0.05) is 0 Å². The predicted octanol–water partition coefficient (Wildman–Crippen LogP) is 2.70. The lowest BCUT2D eigenvalue weighted by atomic mass is 9.99. The van der Waals surface area contributed by atoms with Gasteiger partial charge in [-0.25, -0.2) is 0 Å². The molecule has 1 aromatic carbocycles. The van der Waals surface area contributed by atoms with E-state index in [9.17, 15) is 0 Å². The van der Waals surface area contributed by atoms with Crippen LogP contribution in [0, 0.1) is 27.7 Å². The predicted molar refractivity (Wildman–Crippen MR) is 60.6 cm³/mol. The molecule has 1 fully saturated rings. The van der Waals surface area contributed by atoms with Gasteiger partial charge in [-0.05, 0) is 56.0 Å². The molecule has 2 rings (SSSR count). The zero-order valence-corrected chi connectivity index (χ0v) is 9.89. The summed E-state index contributed by atoms with van der Waals surface area (Å²) in [6.45, 7) is 10.1. The van der Waals surface area contributed by atoms with Crippen LogP contribution in [0.1, 0.15) is 22.3 Å². The second kappa shape index (κ2) is 3.86. The van der Waals surface area contributed by atoms with Crippen molar-refractivity contribution in [2.24, 2.45) is 0 Å². The van der Waals surface area contributed by atoms with Crippen LogP contribution in [0.15, 0.2) is 6.07 Å². The first-order chi connectivity index (χ1) is 7.09. The number of ether oxygens (including phenoxy) is 2. The van der Waals surface area contributed by atoms with E-state index in [1.165, 1.54) is 22.3 Å². The highest BCUT2D eigenvalue weighted by Gasteiger charge is 2.23. The van der Waals surface area contributed by atoms with E-state index in [4.69, 9.17) is 9.47 Å². The van der Waals surface area contributed by atoms with E-state index in [0.29, 0.717) is 12.7 Å². The minimum atomic E-state index is 0.325. The van der Waals surface area contributed by atoms with Crippen LogP contribution in [-0.2, 0) is 4.74 Å². The van der Waals surface area contributed by atoms with Crippen molar-refractivity contribution in [3.05, 3.63) is 28.3 Å². The minimum Gasteiger partial charge on any atom is -0.490 e. The summed E-state index contributed by atoms with van der Waals surface area (Å²) in [5, 5.41) is 0. The lowest BCUT2D eigenvalue weighted by molar-refractivity contribution is 0.261. The molecule has 1 aliphatic rings. The Morgan fingerprint density at radius 2 is 1.87 bits per heavy atom. The van der Waals surface area contributed by atoms with Crippen LogP contribution in [0.3, 0.4) is 0 Å². The van der Waals surface area contributed by atoms with Crippen LogP contribution in [0.2, 0.25) is 0 Å². The van der Waals surface area contributed by atoms with Gasteiger partial charge in [-0.15, -0.1) is 0 Å². The summed E-state index contributed by atoms with van der Waals surface area (Å²) in [7, 11) is 0. The molecule has 1 saturated heterocycles. The van der Waals surface area contributed by atoms with Crippen molar-refractivity contribution in [2.75, 3.05) is 13.2 Å². The Hall–Kier alpha value is -1.02. The third-order valence-electron chi connectivity index (χ3n) is 3.26. The molecule has 0 bridgehead atoms. The van der Waals surface area contributed by atoms with Gasteiger partial charge in [0.05, 0.1) is 6.61 Å². The summed E-state index contributed by atoms with van der Waals surface area (Å²) >= 11 is 0. The van der Waals surface area contributed by atoms with Gasteiger partial charge in [0.15, 0.2) is 0 Å². The lowest BCUT2D eigenvalue weighted by Crippen LogP contribution is -2.06. The van der Waals surface area contributed by atoms with Crippen LogP contribution < -0.4 is 4.74 Å². The SMILES string of the molecule is Cc1cc(OCC2CO2)c(C)c(C)c1C. The zero-order valence-electron chi connectivity index (χ0n) is 9.89. The number of aryl methyl sites for hydroxylation is 1. The van der Waals surface area contributed by atoms with Crippen molar-refractivity contribution >= 4 is 0 Å². The van der Waals surface area contributed by atoms with Crippen molar-refractivity contribution < 1.29 is 9.47 Å². The van der Waals surface area contributed by atoms with Gasteiger partial charge in [0.1, 0.15) is 18.5 Å². The maximum Gasteiger partial charge on any atom is 0.122 e. The third-order valence-corrected chi connectivity index (χ3v) is 3.26. The van der Waals surface area contributed by atoms with E-state index >= 15 is 0 Å². The Morgan fingerprint density at radius 3 is 2.47 bits per heavy atom. The molecule has 1 unspecified atom stereocenters. The second-order valence-electron chi connectivity index (χ2n) is 4.33. The lowest BCUT2D eigenvalue weighted by Gasteiger charge is -2.14. The van der Waals surface area contributed by atoms with Crippen LogP contribution in [0.4, 0.5) is 0 Å². The van der Waals surface area contributed by atoms with Crippen molar-refractivity contribution in [2.45, 2.75) is 33.8 Å². The highest BCUT2D eigenvalue weighted by molar-refractivity contribution is 5.47. The first-order valence-corrected chi connectivity index (χ1v) is 5.41. The summed E-state index contributed by atoms with van der Waals surface area (Å²) < 4.78 is 10.9. The molecular formula is C13H18O2. The third kappa shape index (κ3) is 2.15. The number of epoxide rings is 1. The summed E-state index contributed by atoms with van der Waals surface area (Å²) in [6.07, 6.45) is 0.325.